The first-order chi connectivity index (χ1) is 8.26. The van der Waals surface area contributed by atoms with E-state index < -0.39 is 16.6 Å². The molecule has 0 aromatic heterocycles. The Bertz CT molecular complexity index is 444. The molecule has 1 aromatic rings. The van der Waals surface area contributed by atoms with E-state index in [-0.39, 0.29) is 5.69 Å². The summed E-state index contributed by atoms with van der Waals surface area (Å²) in [6, 6.07) is 4.67. The molecule has 0 saturated heterocycles. The molecule has 1 rings (SSSR count). The molecule has 0 aliphatic rings. The molecule has 100 valence electrons. The van der Waals surface area contributed by atoms with Gasteiger partial charge in [-0.15, -0.1) is 0 Å². The van der Waals surface area contributed by atoms with Gasteiger partial charge < -0.3 is 15.7 Å². The van der Waals surface area contributed by atoms with Crippen molar-refractivity contribution < 1.29 is 10.0 Å². The van der Waals surface area contributed by atoms with E-state index in [0.29, 0.717) is 11.4 Å². The lowest BCUT2D eigenvalue weighted by molar-refractivity contribution is -0.384. The number of nitrogens with zero attached hydrogens (tertiary/aromatic N) is 1. The molecule has 0 spiro atoms. The Morgan fingerprint density at radius 1 is 1.33 bits per heavy atom. The first-order valence-corrected chi connectivity index (χ1v) is 5.70. The van der Waals surface area contributed by atoms with E-state index in [1.54, 1.807) is 20.0 Å². The summed E-state index contributed by atoms with van der Waals surface area (Å²) in [6.07, 6.45) is -0.588. The average Bonchev–Trinajstić information content (AvgIpc) is 2.27. The number of anilines is 2. The molecular weight excluding hydrogens is 234 g/mol. The fraction of sp³-hybridized carbons (Fsp3) is 0.500. The van der Waals surface area contributed by atoms with Gasteiger partial charge in [-0.2, -0.15) is 0 Å². The molecule has 18 heavy (non-hydrogen) atoms. The summed E-state index contributed by atoms with van der Waals surface area (Å²) >= 11 is 0. The topological polar surface area (TPSA) is 87.4 Å². The predicted molar refractivity (Wildman–Crippen MR) is 72.0 cm³/mol. The summed E-state index contributed by atoms with van der Waals surface area (Å²) in [5.41, 5.74) is 0.679. The zero-order chi connectivity index (χ0) is 13.9. The van der Waals surface area contributed by atoms with Gasteiger partial charge in [-0.1, -0.05) is 0 Å². The van der Waals surface area contributed by atoms with Crippen LogP contribution in [0.1, 0.15) is 20.8 Å². The Morgan fingerprint density at radius 3 is 2.33 bits per heavy atom. The minimum atomic E-state index is -0.588. The fourth-order valence-corrected chi connectivity index (χ4v) is 1.41. The van der Waals surface area contributed by atoms with Gasteiger partial charge in [-0.05, 0) is 26.8 Å². The summed E-state index contributed by atoms with van der Waals surface area (Å²) in [6.45, 7) is 5.33. The number of aliphatic hydroxyl groups is 1. The van der Waals surface area contributed by atoms with Crippen LogP contribution in [-0.2, 0) is 0 Å². The molecule has 0 bridgehead atoms. The predicted octanol–water partition coefficient (Wildman–Crippen LogP) is 2.21. The van der Waals surface area contributed by atoms with E-state index in [0.717, 1.165) is 0 Å². The van der Waals surface area contributed by atoms with E-state index in [1.807, 2.05) is 13.8 Å². The van der Waals surface area contributed by atoms with Crippen LogP contribution in [0.5, 0.6) is 0 Å². The highest BCUT2D eigenvalue weighted by Crippen LogP contribution is 2.27. The lowest BCUT2D eigenvalue weighted by atomic mass is 9.98. The quantitative estimate of drug-likeness (QED) is 0.553. The maximum Gasteiger partial charge on any atom is 0.273 e. The van der Waals surface area contributed by atoms with Crippen LogP contribution in [0.15, 0.2) is 18.2 Å². The summed E-state index contributed by atoms with van der Waals surface area (Å²) < 4.78 is 0. The number of benzene rings is 1. The third-order valence-corrected chi connectivity index (χ3v) is 2.93. The van der Waals surface area contributed by atoms with Gasteiger partial charge in [0.15, 0.2) is 0 Å². The largest absolute Gasteiger partial charge is 0.391 e. The van der Waals surface area contributed by atoms with Crippen molar-refractivity contribution in [3.63, 3.8) is 0 Å². The van der Waals surface area contributed by atoms with Crippen LogP contribution in [0.25, 0.3) is 0 Å². The number of nitro benzene ring substituents is 1. The SMILES string of the molecule is CNc1cc(NC(C)(C)C(C)O)cc([N+](=O)[O-])c1. The average molecular weight is 253 g/mol. The van der Waals surface area contributed by atoms with Gasteiger partial charge in [-0.3, -0.25) is 10.1 Å². The van der Waals surface area contributed by atoms with Crippen molar-refractivity contribution in [2.24, 2.45) is 0 Å². The molecule has 1 aromatic carbocycles. The van der Waals surface area contributed by atoms with Crippen LogP contribution in [0, 0.1) is 10.1 Å². The Kier molecular flexibility index (Phi) is 4.13. The van der Waals surface area contributed by atoms with Crippen LogP contribution >= 0.6 is 0 Å². The summed E-state index contributed by atoms with van der Waals surface area (Å²) in [5.74, 6) is 0. The first-order valence-electron chi connectivity index (χ1n) is 5.70. The van der Waals surface area contributed by atoms with Crippen LogP contribution in [0.2, 0.25) is 0 Å². The minimum absolute atomic E-state index is 0.00532. The molecule has 0 fully saturated rings. The van der Waals surface area contributed by atoms with Crippen molar-refractivity contribution in [3.05, 3.63) is 28.3 Å². The molecule has 1 unspecified atom stereocenters. The van der Waals surface area contributed by atoms with Gasteiger partial charge in [0.25, 0.3) is 5.69 Å². The van der Waals surface area contributed by atoms with Gasteiger partial charge in [0.2, 0.25) is 0 Å². The second-order valence-corrected chi connectivity index (χ2v) is 4.80. The van der Waals surface area contributed by atoms with Crippen molar-refractivity contribution in [3.8, 4) is 0 Å². The number of nitro groups is 1. The molecular formula is C12H19N3O3. The van der Waals surface area contributed by atoms with Gasteiger partial charge in [0.1, 0.15) is 0 Å². The molecule has 0 radical (unpaired) electrons. The van der Waals surface area contributed by atoms with Crippen molar-refractivity contribution in [2.45, 2.75) is 32.4 Å². The maximum absolute atomic E-state index is 10.8. The van der Waals surface area contributed by atoms with E-state index in [2.05, 4.69) is 10.6 Å². The lowest BCUT2D eigenvalue weighted by Gasteiger charge is -2.30. The molecule has 3 N–H and O–H groups in total. The normalized spacial score (nSPS) is 12.9. The third-order valence-electron chi connectivity index (χ3n) is 2.93. The standard InChI is InChI=1S/C12H19N3O3/c1-8(16)12(2,3)14-10-5-9(13-4)6-11(7-10)15(17)18/h5-8,13-14,16H,1-4H3. The first kappa shape index (κ1) is 14.2. The Balaban J connectivity index is 3.09. The fourth-order valence-electron chi connectivity index (χ4n) is 1.41. The number of aliphatic hydroxyl groups excluding tert-OH is 1. The number of hydrogen-bond donors (Lipinski definition) is 3. The Morgan fingerprint density at radius 2 is 1.89 bits per heavy atom. The molecule has 0 saturated carbocycles. The Labute approximate surface area is 106 Å². The second-order valence-electron chi connectivity index (χ2n) is 4.80. The van der Waals surface area contributed by atoms with E-state index >= 15 is 0 Å². The van der Waals surface area contributed by atoms with Crippen molar-refractivity contribution in [1.29, 1.82) is 0 Å². The van der Waals surface area contributed by atoms with Crippen molar-refractivity contribution >= 4 is 17.1 Å². The second kappa shape index (κ2) is 5.22. The zero-order valence-electron chi connectivity index (χ0n) is 11.0. The molecule has 0 aliphatic carbocycles. The number of hydrogen-bond acceptors (Lipinski definition) is 5. The molecule has 0 heterocycles. The lowest BCUT2D eigenvalue weighted by Crippen LogP contribution is -2.41. The summed E-state index contributed by atoms with van der Waals surface area (Å²) in [5, 5.41) is 26.4. The highest BCUT2D eigenvalue weighted by Gasteiger charge is 2.24. The monoisotopic (exact) mass is 253 g/mol. The van der Waals surface area contributed by atoms with Gasteiger partial charge in [-0.25, -0.2) is 0 Å². The van der Waals surface area contributed by atoms with Gasteiger partial charge in [0, 0.05) is 30.6 Å². The maximum atomic E-state index is 10.8. The summed E-state index contributed by atoms with van der Waals surface area (Å²) in [7, 11) is 1.70. The minimum Gasteiger partial charge on any atom is -0.391 e. The number of non-ortho nitro benzene ring substituents is 1. The number of rotatable bonds is 5. The summed E-state index contributed by atoms with van der Waals surface area (Å²) in [4.78, 5) is 10.4. The zero-order valence-corrected chi connectivity index (χ0v) is 11.0. The molecule has 0 amide bonds. The highest BCUT2D eigenvalue weighted by molar-refractivity contribution is 5.64. The van der Waals surface area contributed by atoms with Crippen LogP contribution in [-0.4, -0.2) is 28.7 Å². The smallest absolute Gasteiger partial charge is 0.273 e. The van der Waals surface area contributed by atoms with Crippen LogP contribution in [0.3, 0.4) is 0 Å². The van der Waals surface area contributed by atoms with Crippen LogP contribution < -0.4 is 10.6 Å². The van der Waals surface area contributed by atoms with Gasteiger partial charge >= 0.3 is 0 Å². The van der Waals surface area contributed by atoms with Crippen LogP contribution in [0.4, 0.5) is 17.1 Å². The van der Waals surface area contributed by atoms with Crippen molar-refractivity contribution in [2.75, 3.05) is 17.7 Å². The molecule has 6 nitrogen and oxygen atoms in total. The van der Waals surface area contributed by atoms with E-state index in [9.17, 15) is 15.2 Å². The van der Waals surface area contributed by atoms with Crippen molar-refractivity contribution in [1.82, 2.24) is 0 Å². The highest BCUT2D eigenvalue weighted by atomic mass is 16.6. The van der Waals surface area contributed by atoms with Gasteiger partial charge in [0.05, 0.1) is 16.6 Å². The number of nitrogens with one attached hydrogen (secondary N) is 2. The molecule has 0 aliphatic heterocycles. The third kappa shape index (κ3) is 3.33. The molecule has 6 heteroatoms. The Hall–Kier alpha value is -1.82. The van der Waals surface area contributed by atoms with E-state index in [1.165, 1.54) is 12.1 Å². The molecule has 1 atom stereocenters. The van der Waals surface area contributed by atoms with E-state index in [4.69, 9.17) is 0 Å².